The van der Waals surface area contributed by atoms with Crippen molar-refractivity contribution in [2.45, 2.75) is 31.0 Å². The summed E-state index contributed by atoms with van der Waals surface area (Å²) in [5, 5.41) is 9.48. The largest absolute Gasteiger partial charge is 0.481 e. The highest BCUT2D eigenvalue weighted by atomic mass is 32.2. The van der Waals surface area contributed by atoms with Gasteiger partial charge in [0.2, 0.25) is 0 Å². The zero-order valence-electron chi connectivity index (χ0n) is 10.2. The van der Waals surface area contributed by atoms with Gasteiger partial charge in [-0.25, -0.2) is 4.98 Å². The van der Waals surface area contributed by atoms with Crippen LogP contribution in [0.3, 0.4) is 0 Å². The third-order valence-electron chi connectivity index (χ3n) is 2.89. The number of imidazole rings is 1. The Morgan fingerprint density at radius 3 is 2.89 bits per heavy atom. The summed E-state index contributed by atoms with van der Waals surface area (Å²) < 4.78 is 13.4. The minimum Gasteiger partial charge on any atom is -0.481 e. The van der Waals surface area contributed by atoms with Crippen LogP contribution in [0.1, 0.15) is 24.6 Å². The van der Waals surface area contributed by atoms with E-state index < -0.39 is 16.8 Å². The number of rotatable bonds is 4. The van der Waals surface area contributed by atoms with Gasteiger partial charge in [-0.15, -0.1) is 0 Å². The van der Waals surface area contributed by atoms with Crippen molar-refractivity contribution in [1.29, 1.82) is 0 Å². The van der Waals surface area contributed by atoms with Gasteiger partial charge in [0.05, 0.1) is 11.4 Å². The molecule has 18 heavy (non-hydrogen) atoms. The summed E-state index contributed by atoms with van der Waals surface area (Å²) in [4.78, 5) is 15.0. The quantitative estimate of drug-likeness (QED) is 0.849. The number of hydrogen-bond donors (Lipinski definition) is 1. The molecular weight excluding hydrogens is 272 g/mol. The van der Waals surface area contributed by atoms with Gasteiger partial charge in [-0.2, -0.15) is 0 Å². The molecule has 2 rings (SSSR count). The van der Waals surface area contributed by atoms with Crippen LogP contribution in [0.15, 0.2) is 11.4 Å². The molecule has 1 N–H and O–H groups in total. The Morgan fingerprint density at radius 2 is 2.28 bits per heavy atom. The molecule has 0 unspecified atom stereocenters. The first-order chi connectivity index (χ1) is 8.56. The molecule has 1 aromatic heterocycles. The Balaban J connectivity index is 2.11. The molecule has 0 bridgehead atoms. The van der Waals surface area contributed by atoms with Crippen LogP contribution in [0, 0.1) is 6.92 Å². The van der Waals surface area contributed by atoms with Crippen LogP contribution in [-0.2, 0) is 15.6 Å². The lowest BCUT2D eigenvalue weighted by atomic mass is 10.1. The second-order valence-corrected chi connectivity index (χ2v) is 6.97. The molecule has 0 aromatic carbocycles. The third kappa shape index (κ3) is 3.35. The molecular formula is C11H16N2O3S2. The molecule has 1 aliphatic heterocycles. The van der Waals surface area contributed by atoms with Crippen molar-refractivity contribution in [2.24, 2.45) is 0 Å². The van der Waals surface area contributed by atoms with E-state index >= 15 is 0 Å². The fraction of sp³-hybridized carbons (Fsp3) is 0.636. The number of nitrogens with zero attached hydrogens (tertiary/aromatic N) is 2. The van der Waals surface area contributed by atoms with Crippen LogP contribution >= 0.6 is 11.8 Å². The van der Waals surface area contributed by atoms with E-state index in [0.717, 1.165) is 35.2 Å². The van der Waals surface area contributed by atoms with E-state index in [2.05, 4.69) is 9.55 Å². The molecule has 0 radical (unpaired) electrons. The number of aryl methyl sites for hydroxylation is 1. The van der Waals surface area contributed by atoms with E-state index in [4.69, 9.17) is 5.11 Å². The zero-order valence-corrected chi connectivity index (χ0v) is 11.8. The third-order valence-corrected chi connectivity index (χ3v) is 5.23. The van der Waals surface area contributed by atoms with E-state index in [-0.39, 0.29) is 5.75 Å². The molecule has 0 spiro atoms. The van der Waals surface area contributed by atoms with Crippen LogP contribution in [0.25, 0.3) is 0 Å². The lowest BCUT2D eigenvalue weighted by molar-refractivity contribution is -0.133. The first-order valence-electron chi connectivity index (χ1n) is 5.81. The van der Waals surface area contributed by atoms with Gasteiger partial charge in [-0.1, -0.05) is 11.8 Å². The molecule has 1 aromatic rings. The van der Waals surface area contributed by atoms with E-state index in [0.29, 0.717) is 6.04 Å². The Morgan fingerprint density at radius 1 is 1.61 bits per heavy atom. The van der Waals surface area contributed by atoms with Crippen molar-refractivity contribution in [1.82, 2.24) is 9.55 Å². The smallest absolute Gasteiger partial charge is 0.313 e. The summed E-state index contributed by atoms with van der Waals surface area (Å²) in [5.74, 6) is 0.641. The van der Waals surface area contributed by atoms with Gasteiger partial charge < -0.3 is 9.67 Å². The molecule has 0 amide bonds. The molecule has 2 heterocycles. The van der Waals surface area contributed by atoms with Crippen molar-refractivity contribution in [3.8, 4) is 0 Å². The van der Waals surface area contributed by atoms with Gasteiger partial charge in [0.15, 0.2) is 5.16 Å². The van der Waals surface area contributed by atoms with Gasteiger partial charge in [0, 0.05) is 34.5 Å². The summed E-state index contributed by atoms with van der Waals surface area (Å²) in [6.45, 7) is 1.91. The van der Waals surface area contributed by atoms with Crippen LogP contribution in [0.4, 0.5) is 0 Å². The molecule has 100 valence electrons. The van der Waals surface area contributed by atoms with Crippen LogP contribution in [0.5, 0.6) is 0 Å². The minimum absolute atomic E-state index is 0.0229. The number of aliphatic carboxylic acids is 1. The number of carboxylic acid groups (broad SMARTS) is 1. The Kier molecular flexibility index (Phi) is 4.45. The number of aromatic nitrogens is 2. The van der Waals surface area contributed by atoms with Gasteiger partial charge in [-0.3, -0.25) is 9.00 Å². The predicted molar refractivity (Wildman–Crippen MR) is 71.5 cm³/mol. The number of carboxylic acids is 1. The standard InChI is InChI=1S/C11H16N2O3S2/c1-8-6-13(9-2-4-18(16)5-3-9)11(12-8)17-7-10(14)15/h6,9H,2-5,7H2,1H3,(H,14,15). The van der Waals surface area contributed by atoms with Crippen molar-refractivity contribution >= 4 is 28.5 Å². The lowest BCUT2D eigenvalue weighted by Gasteiger charge is -2.24. The van der Waals surface area contributed by atoms with Gasteiger partial charge in [-0.05, 0) is 19.8 Å². The van der Waals surface area contributed by atoms with Crippen molar-refractivity contribution < 1.29 is 14.1 Å². The monoisotopic (exact) mass is 288 g/mol. The average Bonchev–Trinajstić information content (AvgIpc) is 2.69. The van der Waals surface area contributed by atoms with E-state index in [1.54, 1.807) is 0 Å². The SMILES string of the molecule is Cc1cn(C2CCS(=O)CC2)c(SCC(=O)O)n1. The Labute approximate surface area is 112 Å². The molecule has 1 aliphatic rings. The summed E-state index contributed by atoms with van der Waals surface area (Å²) in [7, 11) is -0.680. The van der Waals surface area contributed by atoms with Crippen molar-refractivity contribution in [3.05, 3.63) is 11.9 Å². The molecule has 0 atom stereocenters. The first kappa shape index (κ1) is 13.6. The molecule has 0 aliphatic carbocycles. The number of hydrogen-bond acceptors (Lipinski definition) is 4. The second kappa shape index (κ2) is 5.88. The maximum absolute atomic E-state index is 11.3. The summed E-state index contributed by atoms with van der Waals surface area (Å²) in [6.07, 6.45) is 3.72. The van der Waals surface area contributed by atoms with Crippen LogP contribution < -0.4 is 0 Å². The molecule has 1 saturated heterocycles. The van der Waals surface area contributed by atoms with Gasteiger partial charge in [0.1, 0.15) is 0 Å². The van der Waals surface area contributed by atoms with Crippen molar-refractivity contribution in [2.75, 3.05) is 17.3 Å². The van der Waals surface area contributed by atoms with E-state index in [9.17, 15) is 9.00 Å². The van der Waals surface area contributed by atoms with Crippen LogP contribution in [0.2, 0.25) is 0 Å². The fourth-order valence-corrected chi connectivity index (χ4v) is 4.13. The van der Waals surface area contributed by atoms with E-state index in [1.807, 2.05) is 13.1 Å². The van der Waals surface area contributed by atoms with Gasteiger partial charge in [0.25, 0.3) is 0 Å². The highest BCUT2D eigenvalue weighted by molar-refractivity contribution is 7.99. The first-order valence-corrected chi connectivity index (χ1v) is 8.28. The summed E-state index contributed by atoms with van der Waals surface area (Å²) in [5.41, 5.74) is 0.898. The topological polar surface area (TPSA) is 72.2 Å². The average molecular weight is 288 g/mol. The maximum atomic E-state index is 11.3. The molecule has 1 fully saturated rings. The highest BCUT2D eigenvalue weighted by Gasteiger charge is 2.22. The predicted octanol–water partition coefficient (Wildman–Crippen LogP) is 1.45. The fourth-order valence-electron chi connectivity index (χ4n) is 2.05. The molecule has 7 heteroatoms. The maximum Gasteiger partial charge on any atom is 0.313 e. The molecule has 5 nitrogen and oxygen atoms in total. The lowest BCUT2D eigenvalue weighted by Crippen LogP contribution is -2.22. The number of carbonyl (C=O) groups is 1. The van der Waals surface area contributed by atoms with Gasteiger partial charge >= 0.3 is 5.97 Å². The van der Waals surface area contributed by atoms with Crippen molar-refractivity contribution in [3.63, 3.8) is 0 Å². The number of thioether (sulfide) groups is 1. The Bertz CT molecular complexity index is 463. The minimum atomic E-state index is -0.836. The summed E-state index contributed by atoms with van der Waals surface area (Å²) >= 11 is 1.25. The second-order valence-electron chi connectivity index (χ2n) is 4.33. The zero-order chi connectivity index (χ0) is 13.1. The Hall–Kier alpha value is -0.820. The highest BCUT2D eigenvalue weighted by Crippen LogP contribution is 2.28. The van der Waals surface area contributed by atoms with Crippen LogP contribution in [-0.4, -0.2) is 42.1 Å². The van der Waals surface area contributed by atoms with E-state index in [1.165, 1.54) is 11.8 Å². The molecule has 0 saturated carbocycles. The normalized spacial score (nSPS) is 24.1. The summed E-state index contributed by atoms with van der Waals surface area (Å²) in [6, 6.07) is 0.306.